The van der Waals surface area contributed by atoms with Gasteiger partial charge in [0.2, 0.25) is 0 Å². The standard InChI is InChI=1S/C19H13N3O2S/c20-13-15(18(23)22-19-21-9-10-25-19)11-14-5-4-8-17(12-14)24-16-6-2-1-3-7-16/h1-12H,(H,21,22,23)/b15-11+. The van der Waals surface area contributed by atoms with Gasteiger partial charge in [0.15, 0.2) is 5.13 Å². The molecule has 25 heavy (non-hydrogen) atoms. The molecule has 0 bridgehead atoms. The molecule has 0 radical (unpaired) electrons. The third kappa shape index (κ3) is 4.53. The lowest BCUT2D eigenvalue weighted by Crippen LogP contribution is -2.13. The van der Waals surface area contributed by atoms with Gasteiger partial charge >= 0.3 is 0 Å². The monoisotopic (exact) mass is 347 g/mol. The molecule has 1 heterocycles. The molecule has 6 heteroatoms. The molecule has 0 saturated carbocycles. The van der Waals surface area contributed by atoms with E-state index in [9.17, 15) is 10.1 Å². The van der Waals surface area contributed by atoms with Crippen LogP contribution in [-0.2, 0) is 4.79 Å². The number of nitrogens with zero attached hydrogens (tertiary/aromatic N) is 2. The molecular formula is C19H13N3O2S. The number of thiazole rings is 1. The van der Waals surface area contributed by atoms with E-state index in [0.29, 0.717) is 22.2 Å². The van der Waals surface area contributed by atoms with Crippen LogP contribution in [0.3, 0.4) is 0 Å². The van der Waals surface area contributed by atoms with Crippen molar-refractivity contribution in [1.29, 1.82) is 5.26 Å². The zero-order valence-electron chi connectivity index (χ0n) is 13.0. The van der Waals surface area contributed by atoms with Crippen molar-refractivity contribution in [2.75, 3.05) is 5.32 Å². The Morgan fingerprint density at radius 3 is 2.68 bits per heavy atom. The maximum atomic E-state index is 12.2. The van der Waals surface area contributed by atoms with Crippen LogP contribution in [0.2, 0.25) is 0 Å². The van der Waals surface area contributed by atoms with Crippen molar-refractivity contribution in [3.05, 3.63) is 77.3 Å². The van der Waals surface area contributed by atoms with Gasteiger partial charge in [0.05, 0.1) is 0 Å². The summed E-state index contributed by atoms with van der Waals surface area (Å²) in [6.07, 6.45) is 3.10. The van der Waals surface area contributed by atoms with Crippen LogP contribution in [0.1, 0.15) is 5.56 Å². The summed E-state index contributed by atoms with van der Waals surface area (Å²) in [5.41, 5.74) is 0.686. The highest BCUT2D eigenvalue weighted by Crippen LogP contribution is 2.23. The Morgan fingerprint density at radius 2 is 1.96 bits per heavy atom. The third-order valence-corrected chi connectivity index (χ3v) is 3.85. The average molecular weight is 347 g/mol. The van der Waals surface area contributed by atoms with Gasteiger partial charge in [0.1, 0.15) is 23.1 Å². The normalized spacial score (nSPS) is 10.8. The lowest BCUT2D eigenvalue weighted by Gasteiger charge is -2.06. The van der Waals surface area contributed by atoms with E-state index in [1.165, 1.54) is 17.4 Å². The lowest BCUT2D eigenvalue weighted by molar-refractivity contribution is -0.112. The van der Waals surface area contributed by atoms with Crippen LogP contribution in [0, 0.1) is 11.3 Å². The average Bonchev–Trinajstić information content (AvgIpc) is 3.14. The van der Waals surface area contributed by atoms with E-state index in [2.05, 4.69) is 10.3 Å². The van der Waals surface area contributed by atoms with Gasteiger partial charge < -0.3 is 4.74 Å². The van der Waals surface area contributed by atoms with E-state index in [1.54, 1.807) is 29.8 Å². The van der Waals surface area contributed by atoms with Crippen molar-refractivity contribution < 1.29 is 9.53 Å². The summed E-state index contributed by atoms with van der Waals surface area (Å²) in [4.78, 5) is 16.1. The first-order chi connectivity index (χ1) is 12.2. The third-order valence-electron chi connectivity index (χ3n) is 3.17. The fraction of sp³-hybridized carbons (Fsp3) is 0. The quantitative estimate of drug-likeness (QED) is 0.545. The zero-order valence-corrected chi connectivity index (χ0v) is 13.9. The van der Waals surface area contributed by atoms with E-state index in [-0.39, 0.29) is 5.57 Å². The molecule has 122 valence electrons. The van der Waals surface area contributed by atoms with Crippen LogP contribution in [0.4, 0.5) is 5.13 Å². The summed E-state index contributed by atoms with van der Waals surface area (Å²) in [6.45, 7) is 0. The largest absolute Gasteiger partial charge is 0.457 e. The molecule has 5 nitrogen and oxygen atoms in total. The number of ether oxygens (including phenoxy) is 1. The molecule has 0 aliphatic rings. The second-order valence-electron chi connectivity index (χ2n) is 4.95. The molecule has 0 unspecified atom stereocenters. The van der Waals surface area contributed by atoms with Crippen LogP contribution in [-0.4, -0.2) is 10.9 Å². The van der Waals surface area contributed by atoms with Crippen molar-refractivity contribution >= 4 is 28.5 Å². The molecule has 0 aliphatic heterocycles. The number of nitriles is 1. The van der Waals surface area contributed by atoms with Crippen molar-refractivity contribution in [3.63, 3.8) is 0 Å². The predicted molar refractivity (Wildman–Crippen MR) is 97.3 cm³/mol. The maximum Gasteiger partial charge on any atom is 0.268 e. The van der Waals surface area contributed by atoms with Gasteiger partial charge in [-0.15, -0.1) is 11.3 Å². The number of carbonyl (C=O) groups excluding carboxylic acids is 1. The summed E-state index contributed by atoms with van der Waals surface area (Å²) in [6, 6.07) is 18.5. The fourth-order valence-electron chi connectivity index (χ4n) is 2.06. The lowest BCUT2D eigenvalue weighted by atomic mass is 10.1. The Hall–Kier alpha value is -3.43. The zero-order chi connectivity index (χ0) is 17.5. The van der Waals surface area contributed by atoms with Crippen LogP contribution < -0.4 is 10.1 Å². The summed E-state index contributed by atoms with van der Waals surface area (Å²) in [5, 5.41) is 14.1. The molecule has 1 N–H and O–H groups in total. The fourth-order valence-corrected chi connectivity index (χ4v) is 2.58. The minimum atomic E-state index is -0.494. The van der Waals surface area contributed by atoms with E-state index in [4.69, 9.17) is 4.74 Å². The number of carbonyl (C=O) groups is 1. The molecule has 3 rings (SSSR count). The second-order valence-corrected chi connectivity index (χ2v) is 5.84. The molecule has 0 fully saturated rings. The van der Waals surface area contributed by atoms with Crippen LogP contribution in [0.25, 0.3) is 6.08 Å². The van der Waals surface area contributed by atoms with Crippen molar-refractivity contribution in [2.45, 2.75) is 0 Å². The SMILES string of the molecule is N#C/C(=C\c1cccc(Oc2ccccc2)c1)C(=O)Nc1nccs1. The van der Waals surface area contributed by atoms with Gasteiger partial charge in [0, 0.05) is 11.6 Å². The topological polar surface area (TPSA) is 75.0 Å². The predicted octanol–water partition coefficient (Wildman–Crippen LogP) is 4.48. The highest BCUT2D eigenvalue weighted by Gasteiger charge is 2.11. The molecule has 1 amide bonds. The maximum absolute atomic E-state index is 12.2. The first kappa shape index (κ1) is 16.4. The molecule has 1 aromatic heterocycles. The van der Waals surface area contributed by atoms with E-state index < -0.39 is 5.91 Å². The Balaban J connectivity index is 1.78. The summed E-state index contributed by atoms with van der Waals surface area (Å²) in [5.74, 6) is 0.843. The summed E-state index contributed by atoms with van der Waals surface area (Å²) < 4.78 is 5.76. The molecule has 3 aromatic rings. The number of anilines is 1. The Labute approximate surface area is 148 Å². The van der Waals surface area contributed by atoms with Gasteiger partial charge in [-0.2, -0.15) is 5.26 Å². The van der Waals surface area contributed by atoms with E-state index in [1.807, 2.05) is 42.5 Å². The molecule has 0 saturated heterocycles. The Bertz CT molecular complexity index is 929. The van der Waals surface area contributed by atoms with Crippen LogP contribution in [0.15, 0.2) is 71.7 Å². The number of para-hydroxylation sites is 1. The number of benzene rings is 2. The van der Waals surface area contributed by atoms with Gasteiger partial charge in [0.25, 0.3) is 5.91 Å². The van der Waals surface area contributed by atoms with Crippen molar-refractivity contribution in [3.8, 4) is 17.6 Å². The second kappa shape index (κ2) is 7.90. The number of nitrogens with one attached hydrogen (secondary N) is 1. The minimum absolute atomic E-state index is 0.00735. The number of aromatic nitrogens is 1. The van der Waals surface area contributed by atoms with E-state index >= 15 is 0 Å². The van der Waals surface area contributed by atoms with Crippen LogP contribution in [0.5, 0.6) is 11.5 Å². The molecular weight excluding hydrogens is 334 g/mol. The highest BCUT2D eigenvalue weighted by atomic mass is 32.1. The molecule has 0 atom stereocenters. The Kier molecular flexibility index (Phi) is 5.19. The molecule has 0 spiro atoms. The summed E-state index contributed by atoms with van der Waals surface area (Å²) >= 11 is 1.29. The smallest absolute Gasteiger partial charge is 0.268 e. The first-order valence-electron chi connectivity index (χ1n) is 7.40. The molecule has 0 aliphatic carbocycles. The number of amides is 1. The Morgan fingerprint density at radius 1 is 1.16 bits per heavy atom. The minimum Gasteiger partial charge on any atom is -0.457 e. The number of hydrogen-bond acceptors (Lipinski definition) is 5. The van der Waals surface area contributed by atoms with Crippen LogP contribution >= 0.6 is 11.3 Å². The van der Waals surface area contributed by atoms with Gasteiger partial charge in [-0.3, -0.25) is 10.1 Å². The number of hydrogen-bond donors (Lipinski definition) is 1. The van der Waals surface area contributed by atoms with E-state index in [0.717, 1.165) is 0 Å². The highest BCUT2D eigenvalue weighted by molar-refractivity contribution is 7.13. The van der Waals surface area contributed by atoms with Gasteiger partial charge in [-0.05, 0) is 35.9 Å². The van der Waals surface area contributed by atoms with Crippen molar-refractivity contribution in [2.24, 2.45) is 0 Å². The van der Waals surface area contributed by atoms with Gasteiger partial charge in [-0.25, -0.2) is 4.98 Å². The first-order valence-corrected chi connectivity index (χ1v) is 8.28. The number of rotatable bonds is 5. The summed E-state index contributed by atoms with van der Waals surface area (Å²) in [7, 11) is 0. The van der Waals surface area contributed by atoms with Crippen molar-refractivity contribution in [1.82, 2.24) is 4.98 Å². The van der Waals surface area contributed by atoms with Gasteiger partial charge in [-0.1, -0.05) is 30.3 Å². The molecule has 2 aromatic carbocycles.